The Hall–Kier alpha value is -5.90. The third-order valence-corrected chi connectivity index (χ3v) is 13.8. The lowest BCUT2D eigenvalue weighted by Crippen LogP contribution is -2.13. The van der Waals surface area contributed by atoms with E-state index in [0.717, 1.165) is 113 Å². The van der Waals surface area contributed by atoms with Gasteiger partial charge in [0.1, 0.15) is 57.5 Å². The fourth-order valence-electron chi connectivity index (χ4n) is 9.54. The fourth-order valence-corrected chi connectivity index (χ4v) is 9.54. The Balaban J connectivity index is 1.79. The van der Waals surface area contributed by atoms with Gasteiger partial charge in [0.05, 0.1) is 66.1 Å². The summed E-state index contributed by atoms with van der Waals surface area (Å²) < 4.78 is 69.3. The van der Waals surface area contributed by atoms with Crippen molar-refractivity contribution in [3.63, 3.8) is 0 Å². The molecule has 470 valence electrons. The molecule has 10 aliphatic carbocycles. The van der Waals surface area contributed by atoms with Gasteiger partial charge < -0.3 is 47.4 Å². The highest BCUT2D eigenvalue weighted by Crippen LogP contribution is 2.44. The standard InChI is InChI=1S/C75H110O10/c1-46(2)36-76-66-26-57-22-59-29-71(81-41-51(11)12)61(31-70(59)80-40-50(9)10)24-63-33-75(85-45-55(19)20)65(35-74(63)84-44-54(17)18)25-64-34-72(82-42-52(13)14)62(32-73(64)83-43-53(15)16)23-60-30-68(78-38-48(5)6)58(28-69(60)79-39-49(7)8)21-56(66)27-67(57)77-37-47(3)4/h26-35,46-55H,21-25,36-45H2,1-20H3. The molecule has 0 heterocycles. The molecule has 0 amide bonds. The zero-order valence-corrected chi connectivity index (χ0v) is 56.2. The molecule has 5 aromatic rings. The van der Waals surface area contributed by atoms with Gasteiger partial charge in [0.15, 0.2) is 0 Å². The molecular weight excluding hydrogens is 1060 g/mol. The van der Waals surface area contributed by atoms with Crippen LogP contribution >= 0.6 is 0 Å². The van der Waals surface area contributed by atoms with Crippen molar-refractivity contribution in [1.29, 1.82) is 0 Å². The first-order chi connectivity index (χ1) is 40.3. The number of rotatable bonds is 30. The predicted molar refractivity (Wildman–Crippen MR) is 350 cm³/mol. The average Bonchev–Trinajstić information content (AvgIpc) is 2.85. The summed E-state index contributed by atoms with van der Waals surface area (Å²) in [6.07, 6.45) is 2.56. The lowest BCUT2D eigenvalue weighted by molar-refractivity contribution is 0.256. The monoisotopic (exact) mass is 1170 g/mol. The molecule has 10 nitrogen and oxygen atoms in total. The van der Waals surface area contributed by atoms with Crippen LogP contribution in [0.1, 0.15) is 194 Å². The van der Waals surface area contributed by atoms with Crippen LogP contribution in [0.2, 0.25) is 0 Å². The summed E-state index contributed by atoms with van der Waals surface area (Å²) in [4.78, 5) is 0. The Labute approximate surface area is 514 Å². The maximum Gasteiger partial charge on any atom is 0.123 e. The fraction of sp³-hybridized carbons (Fsp3) is 0.600. The Morgan fingerprint density at radius 2 is 0.259 bits per heavy atom. The summed E-state index contributed by atoms with van der Waals surface area (Å²) in [5, 5.41) is 0. The van der Waals surface area contributed by atoms with Crippen LogP contribution in [0.5, 0.6) is 57.5 Å². The van der Waals surface area contributed by atoms with Gasteiger partial charge in [-0.3, -0.25) is 0 Å². The van der Waals surface area contributed by atoms with E-state index >= 15 is 0 Å². The van der Waals surface area contributed by atoms with Gasteiger partial charge in [-0.15, -0.1) is 0 Å². The van der Waals surface area contributed by atoms with Crippen molar-refractivity contribution in [1.82, 2.24) is 0 Å². The third-order valence-electron chi connectivity index (χ3n) is 13.8. The summed E-state index contributed by atoms with van der Waals surface area (Å²) >= 11 is 0. The maximum absolute atomic E-state index is 6.93. The molecule has 0 atom stereocenters. The van der Waals surface area contributed by atoms with E-state index in [1.165, 1.54) is 0 Å². The van der Waals surface area contributed by atoms with Crippen molar-refractivity contribution in [2.75, 3.05) is 66.1 Å². The highest BCUT2D eigenvalue weighted by atomic mass is 16.5. The highest BCUT2D eigenvalue weighted by molar-refractivity contribution is 5.60. The van der Waals surface area contributed by atoms with Gasteiger partial charge in [-0.05, 0) is 120 Å². The molecule has 85 heavy (non-hydrogen) atoms. The molecule has 15 rings (SSSR count). The molecule has 0 radical (unpaired) electrons. The molecular formula is C75H110O10. The molecule has 10 heteroatoms. The van der Waals surface area contributed by atoms with E-state index < -0.39 is 0 Å². The third kappa shape index (κ3) is 21.8. The largest absolute Gasteiger partial charge is 0.493 e. The van der Waals surface area contributed by atoms with Gasteiger partial charge in [-0.2, -0.15) is 0 Å². The minimum absolute atomic E-state index is 0.285. The first kappa shape index (κ1) is 68.2. The van der Waals surface area contributed by atoms with Crippen molar-refractivity contribution in [3.05, 3.63) is 116 Å². The second kappa shape index (κ2) is 32.7. The second-order valence-electron chi connectivity index (χ2n) is 28.3. The van der Waals surface area contributed by atoms with Crippen LogP contribution in [0.25, 0.3) is 0 Å². The van der Waals surface area contributed by atoms with Gasteiger partial charge in [0.25, 0.3) is 0 Å². The smallest absolute Gasteiger partial charge is 0.123 e. The van der Waals surface area contributed by atoms with E-state index in [2.05, 4.69) is 199 Å². The lowest BCUT2D eigenvalue weighted by Gasteiger charge is -2.23. The van der Waals surface area contributed by atoms with Gasteiger partial charge >= 0.3 is 0 Å². The van der Waals surface area contributed by atoms with E-state index in [9.17, 15) is 0 Å². The SMILES string of the molecule is CC(C)COc1cc2c(OCC(C)C)cc1Cc1cc(OCC(C)C)c(cc1OCC(C)C)Cc1cc(OCC(C)C)c(cc1OCC(C)C)Cc1cc(OCC(C)C)c(cc1OCC(C)C)Cc1cc(OCC(C)C)c(cc1OCC(C)C)C2. The number of ether oxygens (including phenoxy) is 10. The Morgan fingerprint density at radius 3 is 0.329 bits per heavy atom. The van der Waals surface area contributed by atoms with Gasteiger partial charge in [0, 0.05) is 87.7 Å². The normalized spacial score (nSPS) is 12.8. The summed E-state index contributed by atoms with van der Waals surface area (Å²) in [6, 6.07) is 22.1. The first-order valence-electron chi connectivity index (χ1n) is 32.4. The summed E-state index contributed by atoms with van der Waals surface area (Å²) in [7, 11) is 0. The zero-order valence-electron chi connectivity index (χ0n) is 56.2. The van der Waals surface area contributed by atoms with Crippen LogP contribution in [-0.2, 0) is 32.1 Å². The molecule has 0 aliphatic heterocycles. The second-order valence-corrected chi connectivity index (χ2v) is 28.3. The summed E-state index contributed by atoms with van der Waals surface area (Å²) in [5.41, 5.74) is 10.0. The molecule has 0 saturated carbocycles. The Morgan fingerprint density at radius 1 is 0.176 bits per heavy atom. The number of benzene rings is 5. The Kier molecular flexibility index (Phi) is 26.3. The van der Waals surface area contributed by atoms with Crippen molar-refractivity contribution in [2.24, 2.45) is 59.2 Å². The van der Waals surface area contributed by atoms with Gasteiger partial charge in [-0.25, -0.2) is 0 Å². The van der Waals surface area contributed by atoms with E-state index in [-0.39, 0.29) is 59.2 Å². The molecule has 0 spiro atoms. The van der Waals surface area contributed by atoms with Gasteiger partial charge in [0.2, 0.25) is 0 Å². The highest BCUT2D eigenvalue weighted by Gasteiger charge is 2.26. The molecule has 5 aromatic carbocycles. The first-order valence-corrected chi connectivity index (χ1v) is 32.4. The molecule has 0 unspecified atom stereocenters. The van der Waals surface area contributed by atoms with Crippen LogP contribution in [0.3, 0.4) is 0 Å². The van der Waals surface area contributed by atoms with Crippen molar-refractivity contribution in [3.8, 4) is 57.5 Å². The van der Waals surface area contributed by atoms with Gasteiger partial charge in [-0.1, -0.05) is 138 Å². The molecule has 0 fully saturated rings. The van der Waals surface area contributed by atoms with E-state index in [1.54, 1.807) is 0 Å². The summed E-state index contributed by atoms with van der Waals surface area (Å²) in [6.45, 7) is 49.3. The number of hydrogen-bond donors (Lipinski definition) is 0. The van der Waals surface area contributed by atoms with Crippen molar-refractivity contribution in [2.45, 2.75) is 171 Å². The molecule has 10 bridgehead atoms. The van der Waals surface area contributed by atoms with E-state index in [0.29, 0.717) is 98.2 Å². The minimum atomic E-state index is 0.285. The van der Waals surface area contributed by atoms with Crippen molar-refractivity contribution < 1.29 is 47.4 Å². The number of hydrogen-bond acceptors (Lipinski definition) is 10. The van der Waals surface area contributed by atoms with E-state index in [4.69, 9.17) is 47.4 Å². The van der Waals surface area contributed by atoms with Crippen LogP contribution in [-0.4, -0.2) is 66.1 Å². The summed E-state index contributed by atoms with van der Waals surface area (Å²) in [5.74, 6) is 10.9. The topological polar surface area (TPSA) is 92.3 Å². The van der Waals surface area contributed by atoms with Crippen LogP contribution < -0.4 is 47.4 Å². The average molecular weight is 1170 g/mol. The lowest BCUT2D eigenvalue weighted by atomic mass is 9.94. The van der Waals surface area contributed by atoms with Crippen LogP contribution in [0, 0.1) is 59.2 Å². The zero-order chi connectivity index (χ0) is 62.1. The minimum Gasteiger partial charge on any atom is -0.493 e. The molecule has 0 N–H and O–H groups in total. The Bertz CT molecular complexity index is 2230. The quantitative estimate of drug-likeness (QED) is 0.0434. The van der Waals surface area contributed by atoms with Crippen LogP contribution in [0.4, 0.5) is 0 Å². The predicted octanol–water partition coefficient (Wildman–Crippen LogP) is 18.3. The molecule has 0 saturated heterocycles. The van der Waals surface area contributed by atoms with Crippen LogP contribution in [0.15, 0.2) is 60.7 Å². The molecule has 0 aromatic heterocycles. The molecule has 10 aliphatic rings. The maximum atomic E-state index is 6.93. The van der Waals surface area contributed by atoms with E-state index in [1.807, 2.05) is 0 Å². The van der Waals surface area contributed by atoms with Crippen molar-refractivity contribution >= 4 is 0 Å².